The molecule has 0 radical (unpaired) electrons. The Morgan fingerprint density at radius 1 is 1.47 bits per heavy atom. The molecule has 1 heterocycles. The van der Waals surface area contributed by atoms with Gasteiger partial charge in [-0.15, -0.1) is 0 Å². The van der Waals surface area contributed by atoms with Crippen LogP contribution in [0.4, 0.5) is 13.2 Å². The Morgan fingerprint density at radius 3 is 2.40 bits per heavy atom. The first kappa shape index (κ1) is 12.7. The lowest BCUT2D eigenvalue weighted by Gasteiger charge is -2.06. The largest absolute Gasteiger partial charge is 0.281 e. The minimum Gasteiger partial charge on any atom is -0.238 e. The zero-order valence-electron chi connectivity index (χ0n) is 6.72. The zero-order valence-corrected chi connectivity index (χ0v) is 9.87. The van der Waals surface area contributed by atoms with Gasteiger partial charge in [0.15, 0.2) is 0 Å². The highest BCUT2D eigenvalue weighted by Gasteiger charge is 2.28. The molecule has 0 N–H and O–H groups in total. The van der Waals surface area contributed by atoms with Crippen molar-refractivity contribution < 1.29 is 21.6 Å². The van der Waals surface area contributed by atoms with E-state index in [-0.39, 0.29) is 4.60 Å². The maximum Gasteiger partial charge on any atom is 0.281 e. The molecule has 0 aromatic carbocycles. The van der Waals surface area contributed by atoms with Crippen LogP contribution in [0.15, 0.2) is 15.6 Å². The zero-order chi connectivity index (χ0) is 11.8. The van der Waals surface area contributed by atoms with Gasteiger partial charge in [0.05, 0.1) is 0 Å². The Balaban J connectivity index is 3.62. The molecule has 0 unspecified atom stereocenters. The van der Waals surface area contributed by atoms with Crippen LogP contribution in [0.2, 0.25) is 0 Å². The molecule has 0 aliphatic rings. The molecule has 1 rings (SSSR count). The van der Waals surface area contributed by atoms with E-state index in [1.807, 2.05) is 0 Å². The normalized spacial score (nSPS) is 12.1. The average Bonchev–Trinajstić information content (AvgIpc) is 1.99. The van der Waals surface area contributed by atoms with Crippen molar-refractivity contribution >= 4 is 35.7 Å². The third-order valence-corrected chi connectivity index (χ3v) is 3.13. The lowest BCUT2D eigenvalue weighted by molar-refractivity contribution is 0.141. The van der Waals surface area contributed by atoms with Crippen molar-refractivity contribution in [1.29, 1.82) is 0 Å². The van der Waals surface area contributed by atoms with Gasteiger partial charge in [0.25, 0.3) is 15.5 Å². The number of hydrogen-bond donors (Lipinski definition) is 0. The third-order valence-electron chi connectivity index (χ3n) is 1.37. The molecule has 0 saturated carbocycles. The van der Waals surface area contributed by atoms with Crippen LogP contribution in [0.3, 0.4) is 0 Å². The summed E-state index contributed by atoms with van der Waals surface area (Å²) < 4.78 is 59.2. The van der Waals surface area contributed by atoms with Gasteiger partial charge >= 0.3 is 0 Å². The summed E-state index contributed by atoms with van der Waals surface area (Å²) in [5.74, 6) is -1.37. The van der Waals surface area contributed by atoms with E-state index >= 15 is 0 Å². The quantitative estimate of drug-likeness (QED) is 0.621. The van der Waals surface area contributed by atoms with E-state index in [9.17, 15) is 21.6 Å². The van der Waals surface area contributed by atoms with Gasteiger partial charge in [-0.1, -0.05) is 0 Å². The molecule has 1 aromatic rings. The number of halogens is 5. The molecule has 1 aromatic heterocycles. The predicted molar refractivity (Wildman–Crippen MR) is 49.9 cm³/mol. The van der Waals surface area contributed by atoms with Gasteiger partial charge in [-0.3, -0.25) is 0 Å². The summed E-state index contributed by atoms with van der Waals surface area (Å²) in [7, 11) is 0.217. The SMILES string of the molecule is O=S(=O)(Cl)c1c(F)cc(Br)nc1C(F)F. The molecule has 0 amide bonds. The summed E-state index contributed by atoms with van der Waals surface area (Å²) in [6.07, 6.45) is -3.24. The fraction of sp³-hybridized carbons (Fsp3) is 0.167. The van der Waals surface area contributed by atoms with Crippen molar-refractivity contribution in [3.8, 4) is 0 Å². The number of pyridine rings is 1. The van der Waals surface area contributed by atoms with Crippen LogP contribution >= 0.6 is 26.6 Å². The van der Waals surface area contributed by atoms with E-state index in [4.69, 9.17) is 10.7 Å². The molecule has 0 saturated heterocycles. The van der Waals surface area contributed by atoms with Gasteiger partial charge < -0.3 is 0 Å². The second-order valence-corrected chi connectivity index (χ2v) is 5.69. The minimum atomic E-state index is -4.59. The smallest absolute Gasteiger partial charge is 0.238 e. The summed E-state index contributed by atoms with van der Waals surface area (Å²) in [4.78, 5) is 1.87. The Bertz CT molecular complexity index is 493. The fourth-order valence-electron chi connectivity index (χ4n) is 0.880. The molecule has 0 aliphatic carbocycles. The molecule has 0 aliphatic heterocycles. The Kier molecular flexibility index (Phi) is 3.62. The summed E-state index contributed by atoms with van der Waals surface area (Å²) in [5.41, 5.74) is -1.21. The number of nitrogens with zero attached hydrogens (tertiary/aromatic N) is 1. The Morgan fingerprint density at radius 2 is 2.00 bits per heavy atom. The van der Waals surface area contributed by atoms with Gasteiger partial charge in [-0.2, -0.15) is 0 Å². The van der Waals surface area contributed by atoms with Crippen molar-refractivity contribution in [2.45, 2.75) is 11.3 Å². The Hall–Kier alpha value is -0.340. The topological polar surface area (TPSA) is 47.0 Å². The second kappa shape index (κ2) is 4.26. The van der Waals surface area contributed by atoms with Crippen molar-refractivity contribution in [2.75, 3.05) is 0 Å². The first-order valence-electron chi connectivity index (χ1n) is 3.32. The molecule has 9 heteroatoms. The maximum absolute atomic E-state index is 13.1. The number of alkyl halides is 2. The monoisotopic (exact) mass is 323 g/mol. The van der Waals surface area contributed by atoms with Crippen LogP contribution in [0.25, 0.3) is 0 Å². The molecular weight excluding hydrogens is 322 g/mol. The summed E-state index contributed by atoms with van der Waals surface area (Å²) >= 11 is 2.66. The molecule has 15 heavy (non-hydrogen) atoms. The predicted octanol–water partition coefficient (Wildman–Crippen LogP) is 2.85. The lowest BCUT2D eigenvalue weighted by Crippen LogP contribution is -2.05. The van der Waals surface area contributed by atoms with E-state index in [0.717, 1.165) is 0 Å². The molecule has 0 fully saturated rings. The van der Waals surface area contributed by atoms with Gasteiger partial charge in [0.1, 0.15) is 21.0 Å². The van der Waals surface area contributed by atoms with Crippen molar-refractivity contribution in [1.82, 2.24) is 4.98 Å². The van der Waals surface area contributed by atoms with Gasteiger partial charge in [0.2, 0.25) is 0 Å². The van der Waals surface area contributed by atoms with Gasteiger partial charge in [-0.05, 0) is 15.9 Å². The summed E-state index contributed by atoms with van der Waals surface area (Å²) in [5, 5.41) is 0. The number of hydrogen-bond acceptors (Lipinski definition) is 3. The standard InChI is InChI=1S/C6H2BrClF3NO2S/c7-3-1-2(9)5(15(8,13)14)4(12-3)6(10)11/h1,6H. The fourth-order valence-corrected chi connectivity index (χ4v) is 2.41. The lowest BCUT2D eigenvalue weighted by atomic mass is 10.3. The first-order chi connectivity index (χ1) is 6.73. The molecule has 0 bridgehead atoms. The highest BCUT2D eigenvalue weighted by molar-refractivity contribution is 9.10. The van der Waals surface area contributed by atoms with Crippen molar-refractivity contribution in [3.63, 3.8) is 0 Å². The highest BCUT2D eigenvalue weighted by Crippen LogP contribution is 2.30. The van der Waals surface area contributed by atoms with Crippen molar-refractivity contribution in [3.05, 3.63) is 22.2 Å². The molecule has 3 nitrogen and oxygen atoms in total. The maximum atomic E-state index is 13.1. The van der Waals surface area contributed by atoms with E-state index < -0.39 is 31.9 Å². The summed E-state index contributed by atoms with van der Waals surface area (Å²) in [6, 6.07) is 0.640. The van der Waals surface area contributed by atoms with Crippen LogP contribution in [-0.2, 0) is 9.05 Å². The number of aromatic nitrogens is 1. The average molecular weight is 325 g/mol. The number of rotatable bonds is 2. The van der Waals surface area contributed by atoms with Crippen molar-refractivity contribution in [2.24, 2.45) is 0 Å². The Labute approximate surface area is 95.8 Å². The molecule has 84 valence electrons. The van der Waals surface area contributed by atoms with Crippen LogP contribution in [0.5, 0.6) is 0 Å². The van der Waals surface area contributed by atoms with E-state index in [1.165, 1.54) is 0 Å². The molecular formula is C6H2BrClF3NO2S. The highest BCUT2D eigenvalue weighted by atomic mass is 79.9. The van der Waals surface area contributed by atoms with Gasteiger partial charge in [-0.25, -0.2) is 26.6 Å². The van der Waals surface area contributed by atoms with E-state index in [1.54, 1.807) is 0 Å². The third kappa shape index (κ3) is 2.82. The van der Waals surface area contributed by atoms with Crippen LogP contribution < -0.4 is 0 Å². The van der Waals surface area contributed by atoms with Crippen LogP contribution in [-0.4, -0.2) is 13.4 Å². The van der Waals surface area contributed by atoms with Crippen LogP contribution in [0, 0.1) is 5.82 Å². The second-order valence-electron chi connectivity index (χ2n) is 2.38. The van der Waals surface area contributed by atoms with Gasteiger partial charge in [0, 0.05) is 16.7 Å². The molecule has 0 atom stereocenters. The van der Waals surface area contributed by atoms with Crippen LogP contribution in [0.1, 0.15) is 12.1 Å². The first-order valence-corrected chi connectivity index (χ1v) is 6.42. The van der Waals surface area contributed by atoms with E-state index in [2.05, 4.69) is 20.9 Å². The summed E-state index contributed by atoms with van der Waals surface area (Å²) in [6.45, 7) is 0. The minimum absolute atomic E-state index is 0.237. The van der Waals surface area contributed by atoms with E-state index in [0.29, 0.717) is 6.07 Å². The molecule has 0 spiro atoms.